The van der Waals surface area contributed by atoms with Gasteiger partial charge in [0.1, 0.15) is 12.3 Å². The van der Waals surface area contributed by atoms with Crippen LogP contribution in [0.4, 0.5) is 13.2 Å². The SMILES string of the molecule is CCNC(c1ccc(Oc2nc3ccccc3s2)c(OC)c1)C(F)(F)F.COc1cc(C=O)ccc1Oc1nc2ccccc2s1. The Morgan fingerprint density at radius 2 is 1.28 bits per heavy atom. The predicted octanol–water partition coefficient (Wildman–Crippen LogP) is 9.22. The van der Waals surface area contributed by atoms with Gasteiger partial charge in [-0.3, -0.25) is 4.79 Å². The summed E-state index contributed by atoms with van der Waals surface area (Å²) in [5.74, 6) is 1.58. The number of halogens is 3. The van der Waals surface area contributed by atoms with Crippen LogP contribution in [0.2, 0.25) is 0 Å². The fraction of sp³-hybridized carbons (Fsp3) is 0.182. The van der Waals surface area contributed by atoms with Crippen LogP contribution < -0.4 is 24.3 Å². The molecule has 0 amide bonds. The van der Waals surface area contributed by atoms with Crippen molar-refractivity contribution in [1.82, 2.24) is 15.3 Å². The first-order valence-corrected chi connectivity index (χ1v) is 15.5. The number of aromatic nitrogens is 2. The molecule has 4 aromatic carbocycles. The molecule has 1 unspecified atom stereocenters. The van der Waals surface area contributed by atoms with E-state index >= 15 is 0 Å². The van der Waals surface area contributed by atoms with Crippen molar-refractivity contribution >= 4 is 49.4 Å². The average Bonchev–Trinajstić information content (AvgIpc) is 3.67. The predicted molar refractivity (Wildman–Crippen MR) is 173 cm³/mol. The summed E-state index contributed by atoms with van der Waals surface area (Å²) in [6.45, 7) is 1.82. The monoisotopic (exact) mass is 667 g/mol. The first kappa shape index (κ1) is 32.7. The lowest BCUT2D eigenvalue weighted by atomic mass is 10.1. The van der Waals surface area contributed by atoms with Gasteiger partial charge in [0.15, 0.2) is 23.0 Å². The van der Waals surface area contributed by atoms with E-state index in [1.54, 1.807) is 25.1 Å². The molecule has 0 fully saturated rings. The van der Waals surface area contributed by atoms with Crippen molar-refractivity contribution in [3.8, 4) is 33.4 Å². The van der Waals surface area contributed by atoms with Crippen LogP contribution in [0, 0.1) is 0 Å². The Morgan fingerprint density at radius 3 is 1.76 bits per heavy atom. The van der Waals surface area contributed by atoms with Crippen LogP contribution in [-0.2, 0) is 0 Å². The molecule has 13 heteroatoms. The normalized spacial score (nSPS) is 11.9. The smallest absolute Gasteiger partial charge is 0.407 e. The average molecular weight is 668 g/mol. The number of fused-ring (bicyclic) bond motifs is 2. The van der Waals surface area contributed by atoms with E-state index in [1.807, 2.05) is 48.5 Å². The van der Waals surface area contributed by atoms with Crippen molar-refractivity contribution in [3.05, 3.63) is 96.1 Å². The minimum absolute atomic E-state index is 0.0628. The number of benzene rings is 4. The number of hydrogen-bond donors (Lipinski definition) is 1. The maximum atomic E-state index is 13.3. The Hall–Kier alpha value is -4.72. The number of carbonyl (C=O) groups is 1. The number of nitrogens with one attached hydrogen (secondary N) is 1. The van der Waals surface area contributed by atoms with Crippen molar-refractivity contribution in [3.63, 3.8) is 0 Å². The van der Waals surface area contributed by atoms with E-state index in [0.29, 0.717) is 33.2 Å². The lowest BCUT2D eigenvalue weighted by Crippen LogP contribution is -2.34. The summed E-state index contributed by atoms with van der Waals surface area (Å²) in [5, 5.41) is 3.39. The third kappa shape index (κ3) is 7.73. The van der Waals surface area contributed by atoms with E-state index in [1.165, 1.54) is 55.1 Å². The largest absolute Gasteiger partial charge is 0.493 e. The molecule has 0 aliphatic rings. The molecule has 0 saturated heterocycles. The molecule has 0 aliphatic carbocycles. The quantitative estimate of drug-likeness (QED) is 0.145. The highest BCUT2D eigenvalue weighted by Crippen LogP contribution is 2.40. The van der Waals surface area contributed by atoms with Gasteiger partial charge in [-0.15, -0.1) is 0 Å². The number of ether oxygens (including phenoxy) is 4. The van der Waals surface area contributed by atoms with E-state index in [9.17, 15) is 18.0 Å². The van der Waals surface area contributed by atoms with Crippen molar-refractivity contribution in [1.29, 1.82) is 0 Å². The van der Waals surface area contributed by atoms with Crippen molar-refractivity contribution in [2.45, 2.75) is 19.1 Å². The number of alkyl halides is 3. The maximum Gasteiger partial charge on any atom is 0.407 e. The van der Waals surface area contributed by atoms with Gasteiger partial charge in [0.25, 0.3) is 10.4 Å². The summed E-state index contributed by atoms with van der Waals surface area (Å²) < 4.78 is 63.7. The van der Waals surface area contributed by atoms with Gasteiger partial charge in [0.2, 0.25) is 0 Å². The molecule has 1 N–H and O–H groups in total. The Bertz CT molecular complexity index is 1880. The summed E-state index contributed by atoms with van der Waals surface area (Å²) in [6.07, 6.45) is -3.64. The fourth-order valence-electron chi connectivity index (χ4n) is 4.39. The second kappa shape index (κ2) is 14.6. The molecule has 238 valence electrons. The van der Waals surface area contributed by atoms with E-state index in [0.717, 1.165) is 26.7 Å². The number of aldehydes is 1. The molecule has 8 nitrogen and oxygen atoms in total. The molecule has 2 aromatic heterocycles. The second-order valence-electron chi connectivity index (χ2n) is 9.57. The minimum atomic E-state index is -4.41. The van der Waals surface area contributed by atoms with Crippen LogP contribution in [0.5, 0.6) is 33.4 Å². The van der Waals surface area contributed by atoms with Gasteiger partial charge in [0, 0.05) is 5.56 Å². The van der Waals surface area contributed by atoms with Crippen LogP contribution in [-0.4, -0.2) is 43.2 Å². The zero-order valence-electron chi connectivity index (χ0n) is 24.8. The number of thiazole rings is 2. The lowest BCUT2D eigenvalue weighted by molar-refractivity contribution is -0.157. The van der Waals surface area contributed by atoms with Gasteiger partial charge in [-0.2, -0.15) is 13.2 Å². The van der Waals surface area contributed by atoms with Gasteiger partial charge in [-0.25, -0.2) is 9.97 Å². The van der Waals surface area contributed by atoms with E-state index < -0.39 is 12.2 Å². The number of methoxy groups -OCH3 is 2. The van der Waals surface area contributed by atoms with Crippen LogP contribution in [0.3, 0.4) is 0 Å². The van der Waals surface area contributed by atoms with Crippen molar-refractivity contribution in [2.24, 2.45) is 0 Å². The number of para-hydroxylation sites is 2. The molecule has 46 heavy (non-hydrogen) atoms. The van der Waals surface area contributed by atoms with Crippen LogP contribution >= 0.6 is 22.7 Å². The van der Waals surface area contributed by atoms with Gasteiger partial charge < -0.3 is 24.3 Å². The second-order valence-corrected chi connectivity index (χ2v) is 11.6. The molecular weight excluding hydrogens is 640 g/mol. The van der Waals surface area contributed by atoms with Crippen LogP contribution in [0.15, 0.2) is 84.9 Å². The molecule has 6 rings (SSSR count). The Kier molecular flexibility index (Phi) is 10.4. The zero-order valence-corrected chi connectivity index (χ0v) is 26.5. The summed E-state index contributed by atoms with van der Waals surface area (Å²) in [6, 6.07) is 22.8. The van der Waals surface area contributed by atoms with Gasteiger partial charge in [0.05, 0.1) is 34.7 Å². The number of nitrogens with zero attached hydrogens (tertiary/aromatic N) is 2. The molecule has 0 bridgehead atoms. The number of hydrogen-bond acceptors (Lipinski definition) is 10. The Morgan fingerprint density at radius 1 is 0.761 bits per heavy atom. The molecule has 0 radical (unpaired) electrons. The fourth-order valence-corrected chi connectivity index (χ4v) is 6.05. The first-order chi connectivity index (χ1) is 22.2. The van der Waals surface area contributed by atoms with Crippen molar-refractivity contribution in [2.75, 3.05) is 20.8 Å². The van der Waals surface area contributed by atoms with E-state index in [4.69, 9.17) is 18.9 Å². The molecule has 0 aliphatic heterocycles. The molecule has 6 aromatic rings. The maximum absolute atomic E-state index is 13.3. The van der Waals surface area contributed by atoms with Gasteiger partial charge in [-0.05, 0) is 66.7 Å². The summed E-state index contributed by atoms with van der Waals surface area (Å²) in [7, 11) is 2.93. The minimum Gasteiger partial charge on any atom is -0.493 e. The molecular formula is C33H28F3N3O5S2. The molecule has 2 heterocycles. The summed E-state index contributed by atoms with van der Waals surface area (Å²) in [4.78, 5) is 19.5. The van der Waals surface area contributed by atoms with Gasteiger partial charge >= 0.3 is 6.18 Å². The molecule has 1 atom stereocenters. The van der Waals surface area contributed by atoms with Crippen LogP contribution in [0.1, 0.15) is 28.9 Å². The highest BCUT2D eigenvalue weighted by molar-refractivity contribution is 7.20. The van der Waals surface area contributed by atoms with E-state index in [-0.39, 0.29) is 17.9 Å². The molecule has 0 saturated carbocycles. The summed E-state index contributed by atoms with van der Waals surface area (Å²) in [5.41, 5.74) is 2.30. The topological polar surface area (TPSA) is 91.8 Å². The Balaban J connectivity index is 0.000000187. The third-order valence-electron chi connectivity index (χ3n) is 6.52. The molecule has 0 spiro atoms. The Labute approximate surface area is 270 Å². The lowest BCUT2D eigenvalue weighted by Gasteiger charge is -2.22. The third-order valence-corrected chi connectivity index (χ3v) is 8.35. The van der Waals surface area contributed by atoms with Crippen LogP contribution in [0.25, 0.3) is 20.4 Å². The van der Waals surface area contributed by atoms with Crippen molar-refractivity contribution < 1.29 is 36.9 Å². The van der Waals surface area contributed by atoms with E-state index in [2.05, 4.69) is 15.3 Å². The standard InChI is InChI=1S/C18H17F3N2O2S.C15H11NO3S/c1-3-22-16(18(19,20)21)11-8-9-13(14(10-11)24-2)25-17-23-12-6-4-5-7-15(12)26-17;1-18-13-8-10(9-17)6-7-12(13)19-15-16-11-4-2-3-5-14(11)20-15/h4-10,16,22H,3H2,1-2H3;2-9H,1H3. The van der Waals surface area contributed by atoms with Gasteiger partial charge in [-0.1, -0.05) is 59.9 Å². The first-order valence-electron chi connectivity index (χ1n) is 13.9. The highest BCUT2D eigenvalue weighted by Gasteiger charge is 2.40. The summed E-state index contributed by atoms with van der Waals surface area (Å²) >= 11 is 2.82. The zero-order chi connectivity index (χ0) is 32.7. The number of rotatable bonds is 10. The number of carbonyl (C=O) groups excluding carboxylic acids is 1. The highest BCUT2D eigenvalue weighted by atomic mass is 32.1.